The molecule has 1 aliphatic rings. The molecule has 0 unspecified atom stereocenters. The average molecular weight is 317 g/mol. The molecule has 2 heterocycles. The summed E-state index contributed by atoms with van der Waals surface area (Å²) >= 11 is 0. The maximum Gasteiger partial charge on any atom is 0.127 e. The Morgan fingerprint density at radius 1 is 1.35 bits per heavy atom. The van der Waals surface area contributed by atoms with Crippen LogP contribution in [0.2, 0.25) is 0 Å². The first-order chi connectivity index (χ1) is 11.2. The summed E-state index contributed by atoms with van der Waals surface area (Å²) < 4.78 is 19.1. The van der Waals surface area contributed by atoms with Gasteiger partial charge < -0.3 is 9.84 Å². The van der Waals surface area contributed by atoms with Gasteiger partial charge in [-0.2, -0.15) is 0 Å². The Balaban J connectivity index is 1.64. The van der Waals surface area contributed by atoms with Gasteiger partial charge in [0.2, 0.25) is 0 Å². The summed E-state index contributed by atoms with van der Waals surface area (Å²) in [6.07, 6.45) is 5.24. The molecular weight excluding hydrogens is 297 g/mol. The Labute approximate surface area is 134 Å². The number of hydrogen-bond acceptors (Lipinski definition) is 5. The molecule has 1 aromatic heterocycles. The van der Waals surface area contributed by atoms with Gasteiger partial charge >= 0.3 is 0 Å². The Morgan fingerprint density at radius 2 is 2.22 bits per heavy atom. The van der Waals surface area contributed by atoms with E-state index in [0.29, 0.717) is 37.4 Å². The summed E-state index contributed by atoms with van der Waals surface area (Å²) in [5.41, 5.74) is 1.45. The van der Waals surface area contributed by atoms with E-state index in [9.17, 15) is 9.50 Å². The number of methoxy groups -OCH3 is 1. The van der Waals surface area contributed by atoms with Crippen molar-refractivity contribution >= 4 is 0 Å². The van der Waals surface area contributed by atoms with Crippen molar-refractivity contribution < 1.29 is 14.2 Å². The summed E-state index contributed by atoms with van der Waals surface area (Å²) in [6, 6.07) is 4.73. The zero-order valence-electron chi connectivity index (χ0n) is 13.0. The maximum atomic E-state index is 13.9. The molecule has 122 valence electrons. The van der Waals surface area contributed by atoms with Crippen molar-refractivity contribution in [2.24, 2.45) is 5.92 Å². The van der Waals surface area contributed by atoms with Crippen molar-refractivity contribution in [3.8, 4) is 5.75 Å². The van der Waals surface area contributed by atoms with Crippen LogP contribution in [0.5, 0.6) is 5.75 Å². The molecule has 1 aromatic carbocycles. The lowest BCUT2D eigenvalue weighted by atomic mass is 10.0. The van der Waals surface area contributed by atoms with E-state index in [4.69, 9.17) is 4.74 Å². The topological polar surface area (TPSA) is 58.5 Å². The quantitative estimate of drug-likeness (QED) is 0.909. The molecule has 0 spiro atoms. The molecule has 0 bridgehead atoms. The standard InChI is InChI=1S/C17H20FN3O2/c1-23-15-2-3-16(18)12(7-15)9-21-10-13(17(22)11-21)6-14-8-19-4-5-20-14/h2-5,7-8,13,17,22H,6,9-11H2,1H3/t13-,17-/m1/s1. The van der Waals surface area contributed by atoms with Crippen LogP contribution >= 0.6 is 0 Å². The third kappa shape index (κ3) is 3.83. The number of likely N-dealkylation sites (tertiary alicyclic amines) is 1. The van der Waals surface area contributed by atoms with Gasteiger partial charge in [0, 0.05) is 49.7 Å². The Morgan fingerprint density at radius 3 is 2.96 bits per heavy atom. The molecule has 1 aliphatic heterocycles. The molecule has 1 N–H and O–H groups in total. The van der Waals surface area contributed by atoms with Gasteiger partial charge in [0.1, 0.15) is 11.6 Å². The van der Waals surface area contributed by atoms with Crippen LogP contribution in [-0.4, -0.2) is 46.3 Å². The number of rotatable bonds is 5. The van der Waals surface area contributed by atoms with Gasteiger partial charge in [0.25, 0.3) is 0 Å². The molecule has 1 fully saturated rings. The number of β-amino-alcohol motifs (C(OH)–C–C–N with tert-alkyl or cyclic N) is 1. The highest BCUT2D eigenvalue weighted by Crippen LogP contribution is 2.24. The molecular formula is C17H20FN3O2. The van der Waals surface area contributed by atoms with Gasteiger partial charge in [-0.25, -0.2) is 4.39 Å². The first-order valence-electron chi connectivity index (χ1n) is 7.63. The van der Waals surface area contributed by atoms with E-state index in [1.54, 1.807) is 37.8 Å². The lowest BCUT2D eigenvalue weighted by Gasteiger charge is -2.16. The second kappa shape index (κ2) is 7.02. The van der Waals surface area contributed by atoms with Gasteiger partial charge in [-0.15, -0.1) is 0 Å². The summed E-state index contributed by atoms with van der Waals surface area (Å²) in [4.78, 5) is 10.4. The molecule has 23 heavy (non-hydrogen) atoms. The van der Waals surface area contributed by atoms with Crippen molar-refractivity contribution in [1.82, 2.24) is 14.9 Å². The van der Waals surface area contributed by atoms with E-state index in [2.05, 4.69) is 14.9 Å². The number of aliphatic hydroxyl groups excluding tert-OH is 1. The second-order valence-electron chi connectivity index (χ2n) is 5.88. The number of aromatic nitrogens is 2. The fraction of sp³-hybridized carbons (Fsp3) is 0.412. The van der Waals surface area contributed by atoms with Crippen LogP contribution in [-0.2, 0) is 13.0 Å². The zero-order valence-corrected chi connectivity index (χ0v) is 13.0. The van der Waals surface area contributed by atoms with Crippen molar-refractivity contribution in [2.75, 3.05) is 20.2 Å². The molecule has 5 nitrogen and oxygen atoms in total. The normalized spacial score (nSPS) is 21.5. The van der Waals surface area contributed by atoms with Crippen LogP contribution in [0.3, 0.4) is 0 Å². The van der Waals surface area contributed by atoms with Gasteiger partial charge in [-0.3, -0.25) is 14.9 Å². The minimum Gasteiger partial charge on any atom is -0.497 e. The van der Waals surface area contributed by atoms with Crippen LogP contribution in [0, 0.1) is 11.7 Å². The van der Waals surface area contributed by atoms with Gasteiger partial charge in [-0.1, -0.05) is 0 Å². The number of hydrogen-bond donors (Lipinski definition) is 1. The monoisotopic (exact) mass is 317 g/mol. The molecule has 0 aliphatic carbocycles. The van der Waals surface area contributed by atoms with E-state index < -0.39 is 6.10 Å². The molecule has 6 heteroatoms. The van der Waals surface area contributed by atoms with Crippen molar-refractivity contribution in [3.05, 3.63) is 53.9 Å². The molecule has 0 amide bonds. The van der Waals surface area contributed by atoms with Crippen molar-refractivity contribution in [1.29, 1.82) is 0 Å². The Kier molecular flexibility index (Phi) is 4.83. The Bertz CT molecular complexity index is 654. The Hall–Kier alpha value is -2.05. The number of aliphatic hydroxyl groups is 1. The summed E-state index contributed by atoms with van der Waals surface area (Å²) in [7, 11) is 1.56. The SMILES string of the molecule is COc1ccc(F)c(CN2C[C@@H](Cc3cnccn3)[C@H](O)C2)c1. The van der Waals surface area contributed by atoms with Crippen molar-refractivity contribution in [2.45, 2.75) is 19.1 Å². The van der Waals surface area contributed by atoms with E-state index in [1.807, 2.05) is 0 Å². The third-order valence-corrected chi connectivity index (χ3v) is 4.22. The molecule has 2 atom stereocenters. The van der Waals surface area contributed by atoms with Crippen LogP contribution in [0.4, 0.5) is 4.39 Å². The first-order valence-corrected chi connectivity index (χ1v) is 7.63. The highest BCUT2D eigenvalue weighted by Gasteiger charge is 2.32. The zero-order chi connectivity index (χ0) is 16.2. The van der Waals surface area contributed by atoms with E-state index in [1.165, 1.54) is 6.07 Å². The number of nitrogens with zero attached hydrogens (tertiary/aromatic N) is 3. The lowest BCUT2D eigenvalue weighted by Crippen LogP contribution is -2.22. The second-order valence-corrected chi connectivity index (χ2v) is 5.88. The lowest BCUT2D eigenvalue weighted by molar-refractivity contribution is 0.140. The first kappa shape index (κ1) is 15.8. The fourth-order valence-corrected chi connectivity index (χ4v) is 3.02. The van der Waals surface area contributed by atoms with Crippen LogP contribution in [0.1, 0.15) is 11.3 Å². The van der Waals surface area contributed by atoms with Crippen LogP contribution in [0.15, 0.2) is 36.8 Å². The minimum absolute atomic E-state index is 0.0837. The van der Waals surface area contributed by atoms with Crippen LogP contribution in [0.25, 0.3) is 0 Å². The molecule has 2 aromatic rings. The van der Waals surface area contributed by atoms with E-state index in [0.717, 1.165) is 5.69 Å². The predicted octanol–water partition coefficient (Wildman–Crippen LogP) is 1.66. The summed E-state index contributed by atoms with van der Waals surface area (Å²) in [5, 5.41) is 10.3. The smallest absolute Gasteiger partial charge is 0.127 e. The predicted molar refractivity (Wildman–Crippen MR) is 83.5 cm³/mol. The number of benzene rings is 1. The average Bonchev–Trinajstić information content (AvgIpc) is 2.90. The molecule has 0 radical (unpaired) electrons. The highest BCUT2D eigenvalue weighted by atomic mass is 19.1. The van der Waals surface area contributed by atoms with Gasteiger partial charge in [0.05, 0.1) is 18.9 Å². The highest BCUT2D eigenvalue weighted by molar-refractivity contribution is 5.29. The van der Waals surface area contributed by atoms with E-state index >= 15 is 0 Å². The minimum atomic E-state index is -0.439. The van der Waals surface area contributed by atoms with Crippen molar-refractivity contribution in [3.63, 3.8) is 0 Å². The molecule has 3 rings (SSSR count). The largest absolute Gasteiger partial charge is 0.497 e. The third-order valence-electron chi connectivity index (χ3n) is 4.22. The van der Waals surface area contributed by atoms with Gasteiger partial charge in [-0.05, 0) is 24.6 Å². The van der Waals surface area contributed by atoms with Crippen LogP contribution < -0.4 is 4.74 Å². The maximum absolute atomic E-state index is 13.9. The number of ether oxygens (including phenoxy) is 1. The van der Waals surface area contributed by atoms with Gasteiger partial charge in [0.15, 0.2) is 0 Å². The molecule has 1 saturated heterocycles. The number of halogens is 1. The fourth-order valence-electron chi connectivity index (χ4n) is 3.02. The van der Waals surface area contributed by atoms with E-state index in [-0.39, 0.29) is 11.7 Å². The molecule has 0 saturated carbocycles. The summed E-state index contributed by atoms with van der Waals surface area (Å²) in [5.74, 6) is 0.468. The summed E-state index contributed by atoms with van der Waals surface area (Å²) in [6.45, 7) is 1.69.